The minimum atomic E-state index is -0.637. The maximum Gasteiger partial charge on any atom is 0.266 e. The molecule has 1 aliphatic heterocycles. The molecule has 0 saturated heterocycles. The van der Waals surface area contributed by atoms with E-state index in [1.807, 2.05) is 6.07 Å². The Labute approximate surface area is 154 Å². The number of nitrogens with zero attached hydrogens (tertiary/aromatic N) is 1. The van der Waals surface area contributed by atoms with Crippen molar-refractivity contribution in [2.75, 3.05) is 18.5 Å². The summed E-state index contributed by atoms with van der Waals surface area (Å²) in [6.07, 6.45) is 2.17. The fraction of sp³-hybridized carbons (Fsp3) is 0.158. The van der Waals surface area contributed by atoms with Gasteiger partial charge in [0.2, 0.25) is 0 Å². The Hall–Kier alpha value is -3.04. The third-order valence-electron chi connectivity index (χ3n) is 3.64. The lowest BCUT2D eigenvalue weighted by Gasteiger charge is -2.10. The SMILES string of the molecule is N#C/C(=C/c1cccc2c1OCCCO2)C(=O)Nc1ccc(F)c(Cl)c1. The quantitative estimate of drug-likeness (QED) is 0.648. The summed E-state index contributed by atoms with van der Waals surface area (Å²) in [5, 5.41) is 11.8. The first-order valence-electron chi connectivity index (χ1n) is 7.85. The number of benzene rings is 2. The number of halogens is 2. The second-order valence-electron chi connectivity index (χ2n) is 5.48. The van der Waals surface area contributed by atoms with E-state index in [-0.39, 0.29) is 16.3 Å². The molecule has 132 valence electrons. The number of hydrogen-bond donors (Lipinski definition) is 1. The summed E-state index contributed by atoms with van der Waals surface area (Å²) in [5.74, 6) is -0.165. The maximum atomic E-state index is 13.2. The van der Waals surface area contributed by atoms with E-state index in [1.165, 1.54) is 18.2 Å². The molecule has 2 aromatic carbocycles. The molecule has 0 aromatic heterocycles. The van der Waals surface area contributed by atoms with Crippen molar-refractivity contribution in [3.8, 4) is 17.6 Å². The van der Waals surface area contributed by atoms with Gasteiger partial charge in [0.1, 0.15) is 17.5 Å². The summed E-state index contributed by atoms with van der Waals surface area (Å²) in [7, 11) is 0. The molecule has 0 fully saturated rings. The number of amides is 1. The van der Waals surface area contributed by atoms with Gasteiger partial charge in [-0.15, -0.1) is 0 Å². The number of anilines is 1. The second-order valence-corrected chi connectivity index (χ2v) is 5.89. The highest BCUT2D eigenvalue weighted by Crippen LogP contribution is 2.34. The van der Waals surface area contributed by atoms with Crippen LogP contribution in [0.2, 0.25) is 5.02 Å². The summed E-state index contributed by atoms with van der Waals surface area (Å²) < 4.78 is 24.5. The van der Waals surface area contributed by atoms with E-state index >= 15 is 0 Å². The molecule has 5 nitrogen and oxygen atoms in total. The van der Waals surface area contributed by atoms with E-state index in [9.17, 15) is 14.4 Å². The molecule has 1 amide bonds. The van der Waals surface area contributed by atoms with Crippen LogP contribution in [0, 0.1) is 17.1 Å². The van der Waals surface area contributed by atoms with Gasteiger partial charge in [0, 0.05) is 17.7 Å². The predicted molar refractivity (Wildman–Crippen MR) is 95.7 cm³/mol. The highest BCUT2D eigenvalue weighted by atomic mass is 35.5. The van der Waals surface area contributed by atoms with E-state index in [2.05, 4.69) is 5.32 Å². The van der Waals surface area contributed by atoms with Crippen molar-refractivity contribution in [3.63, 3.8) is 0 Å². The fourth-order valence-corrected chi connectivity index (χ4v) is 2.59. The van der Waals surface area contributed by atoms with E-state index in [0.717, 1.165) is 12.5 Å². The van der Waals surface area contributed by atoms with Gasteiger partial charge in [0.05, 0.1) is 18.2 Å². The molecule has 1 heterocycles. The Kier molecular flexibility index (Phi) is 5.40. The molecule has 2 aromatic rings. The molecule has 0 aliphatic carbocycles. The molecule has 26 heavy (non-hydrogen) atoms. The Morgan fingerprint density at radius 2 is 2.08 bits per heavy atom. The number of carbonyl (C=O) groups excluding carboxylic acids is 1. The first-order valence-corrected chi connectivity index (χ1v) is 8.23. The van der Waals surface area contributed by atoms with Crippen molar-refractivity contribution in [2.24, 2.45) is 0 Å². The van der Waals surface area contributed by atoms with E-state index < -0.39 is 11.7 Å². The fourth-order valence-electron chi connectivity index (χ4n) is 2.41. The number of fused-ring (bicyclic) bond motifs is 1. The van der Waals surface area contributed by atoms with E-state index in [1.54, 1.807) is 18.2 Å². The number of nitriles is 1. The molecular formula is C19H14ClFN2O3. The van der Waals surface area contributed by atoms with Gasteiger partial charge in [-0.25, -0.2) is 4.39 Å². The normalized spacial score (nSPS) is 13.5. The Morgan fingerprint density at radius 1 is 1.27 bits per heavy atom. The lowest BCUT2D eigenvalue weighted by Crippen LogP contribution is -2.13. The van der Waals surface area contributed by atoms with E-state index in [0.29, 0.717) is 30.3 Å². The topological polar surface area (TPSA) is 71.3 Å². The molecule has 0 spiro atoms. The average Bonchev–Trinajstić information content (AvgIpc) is 2.88. The molecule has 0 radical (unpaired) electrons. The minimum absolute atomic E-state index is 0.121. The maximum absolute atomic E-state index is 13.2. The van der Waals surface area contributed by atoms with Gasteiger partial charge in [-0.1, -0.05) is 23.7 Å². The molecule has 3 rings (SSSR count). The standard InChI is InChI=1S/C19H14ClFN2O3/c20-15-10-14(5-6-16(15)21)23-19(24)13(11-22)9-12-3-1-4-17-18(12)26-8-2-7-25-17/h1,3-6,9-10H,2,7-8H2,(H,23,24)/b13-9-. The predicted octanol–water partition coefficient (Wildman–Crippen LogP) is 4.19. The van der Waals surface area contributed by atoms with Gasteiger partial charge in [-0.3, -0.25) is 4.79 Å². The average molecular weight is 373 g/mol. The molecular weight excluding hydrogens is 359 g/mol. The van der Waals surface area contributed by atoms with Crippen molar-refractivity contribution < 1.29 is 18.7 Å². The van der Waals surface area contributed by atoms with Gasteiger partial charge in [-0.05, 0) is 30.3 Å². The second kappa shape index (κ2) is 7.89. The van der Waals surface area contributed by atoms with Crippen LogP contribution in [0.1, 0.15) is 12.0 Å². The largest absolute Gasteiger partial charge is 0.490 e. The van der Waals surface area contributed by atoms with Gasteiger partial charge < -0.3 is 14.8 Å². The number of para-hydroxylation sites is 1. The van der Waals surface area contributed by atoms with Crippen LogP contribution in [0.3, 0.4) is 0 Å². The van der Waals surface area contributed by atoms with Crippen LogP contribution < -0.4 is 14.8 Å². The lowest BCUT2D eigenvalue weighted by molar-refractivity contribution is -0.112. The van der Waals surface area contributed by atoms with Crippen LogP contribution in [-0.2, 0) is 4.79 Å². The van der Waals surface area contributed by atoms with Crippen molar-refractivity contribution in [3.05, 3.63) is 58.4 Å². The van der Waals surface area contributed by atoms with Crippen LogP contribution in [0.25, 0.3) is 6.08 Å². The molecule has 0 unspecified atom stereocenters. The van der Waals surface area contributed by atoms with Crippen molar-refractivity contribution in [1.82, 2.24) is 0 Å². The van der Waals surface area contributed by atoms with Crippen LogP contribution in [0.15, 0.2) is 42.0 Å². The number of nitrogens with one attached hydrogen (secondary N) is 1. The summed E-state index contributed by atoms with van der Waals surface area (Å²) in [4.78, 5) is 12.4. The molecule has 1 N–H and O–H groups in total. The van der Waals surface area contributed by atoms with Gasteiger partial charge in [0.15, 0.2) is 11.5 Å². The Bertz CT molecular complexity index is 921. The smallest absolute Gasteiger partial charge is 0.266 e. The summed E-state index contributed by atoms with van der Waals surface area (Å²) >= 11 is 5.70. The van der Waals surface area contributed by atoms with Gasteiger partial charge >= 0.3 is 0 Å². The van der Waals surface area contributed by atoms with Gasteiger partial charge in [0.25, 0.3) is 5.91 Å². The Morgan fingerprint density at radius 3 is 2.85 bits per heavy atom. The van der Waals surface area contributed by atoms with Crippen molar-refractivity contribution in [2.45, 2.75) is 6.42 Å². The van der Waals surface area contributed by atoms with Crippen LogP contribution in [0.4, 0.5) is 10.1 Å². The molecule has 0 atom stereocenters. The van der Waals surface area contributed by atoms with Crippen LogP contribution in [0.5, 0.6) is 11.5 Å². The zero-order valence-electron chi connectivity index (χ0n) is 13.6. The number of hydrogen-bond acceptors (Lipinski definition) is 4. The number of carbonyl (C=O) groups is 1. The molecule has 1 aliphatic rings. The number of rotatable bonds is 3. The number of ether oxygens (including phenoxy) is 2. The zero-order chi connectivity index (χ0) is 18.5. The van der Waals surface area contributed by atoms with Crippen LogP contribution in [-0.4, -0.2) is 19.1 Å². The first kappa shape index (κ1) is 17.8. The van der Waals surface area contributed by atoms with E-state index in [4.69, 9.17) is 21.1 Å². The lowest BCUT2D eigenvalue weighted by atomic mass is 10.1. The van der Waals surface area contributed by atoms with Crippen molar-refractivity contribution in [1.29, 1.82) is 5.26 Å². The highest BCUT2D eigenvalue weighted by molar-refractivity contribution is 6.31. The molecule has 7 heteroatoms. The van der Waals surface area contributed by atoms with Crippen LogP contribution >= 0.6 is 11.6 Å². The third-order valence-corrected chi connectivity index (χ3v) is 3.93. The zero-order valence-corrected chi connectivity index (χ0v) is 14.3. The molecule has 0 bridgehead atoms. The highest BCUT2D eigenvalue weighted by Gasteiger charge is 2.16. The Balaban J connectivity index is 1.87. The summed E-state index contributed by atoms with van der Waals surface area (Å²) in [6.45, 7) is 1.02. The summed E-state index contributed by atoms with van der Waals surface area (Å²) in [5.41, 5.74) is 0.717. The monoisotopic (exact) mass is 372 g/mol. The summed E-state index contributed by atoms with van der Waals surface area (Å²) in [6, 6.07) is 10.9. The third kappa shape index (κ3) is 3.95. The molecule has 0 saturated carbocycles. The first-order chi connectivity index (χ1) is 12.6. The van der Waals surface area contributed by atoms with Gasteiger partial charge in [-0.2, -0.15) is 5.26 Å². The van der Waals surface area contributed by atoms with Crippen molar-refractivity contribution >= 4 is 29.3 Å². The minimum Gasteiger partial charge on any atom is -0.490 e.